The number of hydrogen-bond acceptors (Lipinski definition) is 7. The first kappa shape index (κ1) is 18.9. The Hall–Kier alpha value is -2.90. The third kappa shape index (κ3) is 4.27. The number of carbonyl (C=O) groups is 1. The molecule has 1 aromatic carbocycles. The van der Waals surface area contributed by atoms with Crippen molar-refractivity contribution < 1.29 is 14.1 Å². The summed E-state index contributed by atoms with van der Waals surface area (Å²) < 4.78 is 10.2. The molecule has 3 N–H and O–H groups in total. The molecule has 0 aliphatic heterocycles. The standard InChI is InChI=1S/C19H25N5O3/c1-11(20)15-9-6-13(10-16(15)21-2)17-23-18(27-24-17)12-4-7-14(8-5-12)22-19(25)26-3/h6,9-10,12,14,20-21H,4-5,7-8H2,1-3H3,(H,22,25). The van der Waals surface area contributed by atoms with E-state index in [1.54, 1.807) is 6.92 Å². The van der Waals surface area contributed by atoms with Crippen molar-refractivity contribution in [1.29, 1.82) is 5.41 Å². The smallest absolute Gasteiger partial charge is 0.407 e. The number of aromatic nitrogens is 2. The van der Waals surface area contributed by atoms with E-state index < -0.39 is 0 Å². The number of rotatable bonds is 5. The van der Waals surface area contributed by atoms with Crippen molar-refractivity contribution in [3.8, 4) is 11.4 Å². The molecule has 3 rings (SSSR count). The summed E-state index contributed by atoms with van der Waals surface area (Å²) in [6.07, 6.45) is 3.08. The van der Waals surface area contributed by atoms with Crippen LogP contribution in [-0.2, 0) is 4.74 Å². The number of nitrogens with zero attached hydrogens (tertiary/aromatic N) is 2. The lowest BCUT2D eigenvalue weighted by atomic mass is 9.86. The van der Waals surface area contributed by atoms with Gasteiger partial charge in [0.1, 0.15) is 0 Å². The fourth-order valence-electron chi connectivity index (χ4n) is 3.45. The second kappa shape index (κ2) is 8.20. The topological polar surface area (TPSA) is 113 Å². The van der Waals surface area contributed by atoms with Crippen LogP contribution >= 0.6 is 0 Å². The number of alkyl carbamates (subject to hydrolysis) is 1. The molecule has 8 nitrogen and oxygen atoms in total. The Balaban J connectivity index is 1.69. The molecule has 1 amide bonds. The molecule has 0 bridgehead atoms. The Labute approximate surface area is 158 Å². The van der Waals surface area contributed by atoms with Crippen molar-refractivity contribution in [2.75, 3.05) is 19.5 Å². The minimum absolute atomic E-state index is 0.131. The second-order valence-electron chi connectivity index (χ2n) is 6.78. The zero-order chi connectivity index (χ0) is 19.4. The van der Waals surface area contributed by atoms with Gasteiger partial charge >= 0.3 is 6.09 Å². The number of amides is 1. The van der Waals surface area contributed by atoms with Crippen LogP contribution < -0.4 is 10.6 Å². The summed E-state index contributed by atoms with van der Waals surface area (Å²) >= 11 is 0. The number of carbonyl (C=O) groups excluding carboxylic acids is 1. The van der Waals surface area contributed by atoms with E-state index in [0.29, 0.717) is 17.4 Å². The minimum Gasteiger partial charge on any atom is -0.453 e. The molecule has 1 aliphatic rings. The maximum Gasteiger partial charge on any atom is 0.407 e. The summed E-state index contributed by atoms with van der Waals surface area (Å²) in [5.41, 5.74) is 3.06. The Morgan fingerprint density at radius 3 is 2.67 bits per heavy atom. The van der Waals surface area contributed by atoms with Crippen LogP contribution in [-0.4, -0.2) is 42.1 Å². The molecule has 27 heavy (non-hydrogen) atoms. The first-order valence-corrected chi connectivity index (χ1v) is 9.07. The largest absolute Gasteiger partial charge is 0.453 e. The number of nitrogens with one attached hydrogen (secondary N) is 3. The van der Waals surface area contributed by atoms with Crippen LogP contribution in [0, 0.1) is 5.41 Å². The van der Waals surface area contributed by atoms with E-state index >= 15 is 0 Å². The highest BCUT2D eigenvalue weighted by molar-refractivity contribution is 6.02. The molecule has 1 aromatic heterocycles. The number of methoxy groups -OCH3 is 1. The Kier molecular flexibility index (Phi) is 5.73. The number of benzene rings is 1. The number of ether oxygens (including phenoxy) is 1. The van der Waals surface area contributed by atoms with Crippen LogP contribution in [0.3, 0.4) is 0 Å². The van der Waals surface area contributed by atoms with Crippen molar-refractivity contribution in [3.05, 3.63) is 29.7 Å². The highest BCUT2D eigenvalue weighted by Gasteiger charge is 2.27. The normalized spacial score (nSPS) is 19.4. The van der Waals surface area contributed by atoms with Gasteiger partial charge in [0.25, 0.3) is 0 Å². The van der Waals surface area contributed by atoms with E-state index in [0.717, 1.165) is 42.5 Å². The van der Waals surface area contributed by atoms with Crippen molar-refractivity contribution in [1.82, 2.24) is 15.5 Å². The van der Waals surface area contributed by atoms with Crippen LogP contribution in [0.1, 0.15) is 50.0 Å². The monoisotopic (exact) mass is 371 g/mol. The first-order valence-electron chi connectivity index (χ1n) is 9.07. The summed E-state index contributed by atoms with van der Waals surface area (Å²) in [6, 6.07) is 5.86. The highest BCUT2D eigenvalue weighted by atomic mass is 16.5. The Morgan fingerprint density at radius 1 is 1.30 bits per heavy atom. The third-order valence-corrected chi connectivity index (χ3v) is 4.98. The van der Waals surface area contributed by atoms with Gasteiger partial charge in [0.15, 0.2) is 0 Å². The molecule has 1 heterocycles. The predicted octanol–water partition coefficient (Wildman–Crippen LogP) is 3.55. The summed E-state index contributed by atoms with van der Waals surface area (Å²) in [4.78, 5) is 15.9. The van der Waals surface area contributed by atoms with Gasteiger partial charge in [0, 0.05) is 41.5 Å². The van der Waals surface area contributed by atoms with Gasteiger partial charge in [0.2, 0.25) is 11.7 Å². The SMILES string of the molecule is CNc1cc(-c2noc(C3CCC(NC(=O)OC)CC3)n2)ccc1C(C)=N. The van der Waals surface area contributed by atoms with E-state index in [2.05, 4.69) is 25.5 Å². The fraction of sp³-hybridized carbons (Fsp3) is 0.474. The van der Waals surface area contributed by atoms with Gasteiger partial charge in [-0.15, -0.1) is 0 Å². The van der Waals surface area contributed by atoms with Gasteiger partial charge in [-0.2, -0.15) is 4.98 Å². The fourth-order valence-corrected chi connectivity index (χ4v) is 3.45. The van der Waals surface area contributed by atoms with Crippen molar-refractivity contribution in [2.45, 2.75) is 44.6 Å². The zero-order valence-electron chi connectivity index (χ0n) is 15.8. The second-order valence-corrected chi connectivity index (χ2v) is 6.78. The number of hydrogen-bond donors (Lipinski definition) is 3. The minimum atomic E-state index is -0.387. The molecule has 0 radical (unpaired) electrons. The van der Waals surface area contributed by atoms with Crippen molar-refractivity contribution in [3.63, 3.8) is 0 Å². The average molecular weight is 371 g/mol. The van der Waals surface area contributed by atoms with Gasteiger partial charge < -0.3 is 25.3 Å². The molecule has 1 saturated carbocycles. The Morgan fingerprint density at radius 2 is 2.04 bits per heavy atom. The molecule has 0 spiro atoms. The Bertz CT molecular complexity index is 825. The molecule has 2 aromatic rings. The van der Waals surface area contributed by atoms with E-state index in [9.17, 15) is 4.79 Å². The maximum atomic E-state index is 11.3. The lowest BCUT2D eigenvalue weighted by Gasteiger charge is -2.26. The molecule has 144 valence electrons. The predicted molar refractivity (Wildman–Crippen MR) is 102 cm³/mol. The lowest BCUT2D eigenvalue weighted by Crippen LogP contribution is -2.37. The van der Waals surface area contributed by atoms with E-state index in [1.165, 1.54) is 7.11 Å². The maximum absolute atomic E-state index is 11.3. The summed E-state index contributed by atoms with van der Waals surface area (Å²) in [6.45, 7) is 1.76. The van der Waals surface area contributed by atoms with Crippen LogP contribution in [0.25, 0.3) is 11.4 Å². The van der Waals surface area contributed by atoms with Gasteiger partial charge in [0.05, 0.1) is 7.11 Å². The summed E-state index contributed by atoms with van der Waals surface area (Å²) in [5.74, 6) is 1.39. The molecular formula is C19H25N5O3. The molecule has 0 saturated heterocycles. The highest BCUT2D eigenvalue weighted by Crippen LogP contribution is 2.33. The van der Waals surface area contributed by atoms with Gasteiger partial charge in [-0.3, -0.25) is 0 Å². The number of anilines is 1. The third-order valence-electron chi connectivity index (χ3n) is 4.98. The molecular weight excluding hydrogens is 346 g/mol. The van der Waals surface area contributed by atoms with E-state index in [-0.39, 0.29) is 18.1 Å². The first-order chi connectivity index (χ1) is 13.0. The van der Waals surface area contributed by atoms with Crippen LogP contribution in [0.5, 0.6) is 0 Å². The van der Waals surface area contributed by atoms with Gasteiger partial charge in [-0.1, -0.05) is 17.3 Å². The van der Waals surface area contributed by atoms with E-state index in [4.69, 9.17) is 9.93 Å². The zero-order valence-corrected chi connectivity index (χ0v) is 15.8. The van der Waals surface area contributed by atoms with Gasteiger partial charge in [-0.05, 0) is 38.7 Å². The van der Waals surface area contributed by atoms with Crippen molar-refractivity contribution in [2.24, 2.45) is 0 Å². The van der Waals surface area contributed by atoms with Crippen molar-refractivity contribution >= 4 is 17.5 Å². The lowest BCUT2D eigenvalue weighted by molar-refractivity contribution is 0.161. The van der Waals surface area contributed by atoms with Crippen LogP contribution in [0.2, 0.25) is 0 Å². The average Bonchev–Trinajstić information content (AvgIpc) is 3.18. The molecule has 0 atom stereocenters. The van der Waals surface area contributed by atoms with E-state index in [1.807, 2.05) is 25.2 Å². The molecule has 1 aliphatic carbocycles. The van der Waals surface area contributed by atoms with Crippen LogP contribution in [0.4, 0.5) is 10.5 Å². The summed E-state index contributed by atoms with van der Waals surface area (Å²) in [7, 11) is 3.20. The molecule has 1 fully saturated rings. The van der Waals surface area contributed by atoms with Gasteiger partial charge in [-0.25, -0.2) is 4.79 Å². The van der Waals surface area contributed by atoms with Crippen LogP contribution in [0.15, 0.2) is 22.7 Å². The quantitative estimate of drug-likeness (QED) is 0.693. The summed E-state index contributed by atoms with van der Waals surface area (Å²) in [5, 5.41) is 17.9. The molecule has 0 unspecified atom stereocenters. The molecule has 8 heteroatoms.